The van der Waals surface area contributed by atoms with Gasteiger partial charge in [0.2, 0.25) is 0 Å². The number of thioether (sulfide) groups is 1. The largest absolute Gasteiger partial charge is 0.311 e. The second-order valence-corrected chi connectivity index (χ2v) is 6.14. The Morgan fingerprint density at radius 3 is 2.50 bits per heavy atom. The van der Waals surface area contributed by atoms with Gasteiger partial charge in [0, 0.05) is 28.4 Å². The second kappa shape index (κ2) is 7.37. The van der Waals surface area contributed by atoms with Gasteiger partial charge in [0.25, 0.3) is 0 Å². The van der Waals surface area contributed by atoms with E-state index in [4.69, 9.17) is 11.6 Å². The number of nitrogens with one attached hydrogen (secondary N) is 1. The fraction of sp³-hybridized carbons (Fsp3) is 0.571. The number of halogens is 2. The fourth-order valence-electron chi connectivity index (χ4n) is 1.95. The molecule has 0 aliphatic carbocycles. The Labute approximate surface area is 118 Å². The SMILES string of the molecule is CCC(CC)(CNCc1ccc(Cl)cc1F)SC. The van der Waals surface area contributed by atoms with Crippen molar-refractivity contribution in [2.45, 2.75) is 38.0 Å². The molecule has 1 aromatic carbocycles. The van der Waals surface area contributed by atoms with E-state index < -0.39 is 0 Å². The van der Waals surface area contributed by atoms with Crippen LogP contribution >= 0.6 is 23.4 Å². The Hall–Kier alpha value is -0.250. The van der Waals surface area contributed by atoms with Gasteiger partial charge >= 0.3 is 0 Å². The van der Waals surface area contributed by atoms with Crippen molar-refractivity contribution in [2.24, 2.45) is 0 Å². The zero-order valence-corrected chi connectivity index (χ0v) is 12.8. The molecule has 0 unspecified atom stereocenters. The van der Waals surface area contributed by atoms with Gasteiger partial charge in [-0.3, -0.25) is 0 Å². The van der Waals surface area contributed by atoms with Crippen LogP contribution in [0, 0.1) is 5.82 Å². The molecule has 0 aliphatic heterocycles. The van der Waals surface area contributed by atoms with Crippen molar-refractivity contribution in [1.29, 1.82) is 0 Å². The molecule has 4 heteroatoms. The standard InChI is InChI=1S/C14H21ClFNS/c1-4-14(5-2,18-3)10-17-9-11-6-7-12(15)8-13(11)16/h6-8,17H,4-5,9-10H2,1-3H3. The lowest BCUT2D eigenvalue weighted by molar-refractivity contribution is 0.488. The molecule has 0 aromatic heterocycles. The van der Waals surface area contributed by atoms with Crippen LogP contribution in [0.1, 0.15) is 32.3 Å². The number of benzene rings is 1. The highest BCUT2D eigenvalue weighted by Gasteiger charge is 2.24. The summed E-state index contributed by atoms with van der Waals surface area (Å²) in [6.07, 6.45) is 4.36. The summed E-state index contributed by atoms with van der Waals surface area (Å²) in [5.41, 5.74) is 0.668. The van der Waals surface area contributed by atoms with Crippen LogP contribution in [0.5, 0.6) is 0 Å². The third kappa shape index (κ3) is 4.15. The van der Waals surface area contributed by atoms with Crippen molar-refractivity contribution < 1.29 is 4.39 Å². The van der Waals surface area contributed by atoms with E-state index in [1.165, 1.54) is 6.07 Å². The van der Waals surface area contributed by atoms with Gasteiger partial charge in [0.05, 0.1) is 0 Å². The Kier molecular flexibility index (Phi) is 6.47. The highest BCUT2D eigenvalue weighted by Crippen LogP contribution is 2.29. The number of hydrogen-bond donors (Lipinski definition) is 1. The van der Waals surface area contributed by atoms with Crippen molar-refractivity contribution in [3.05, 3.63) is 34.6 Å². The molecule has 1 nitrogen and oxygen atoms in total. The van der Waals surface area contributed by atoms with E-state index in [9.17, 15) is 4.39 Å². The maximum absolute atomic E-state index is 13.6. The quantitative estimate of drug-likeness (QED) is 0.794. The van der Waals surface area contributed by atoms with Gasteiger partial charge in [-0.2, -0.15) is 11.8 Å². The molecule has 0 saturated heterocycles. The van der Waals surface area contributed by atoms with Gasteiger partial charge in [-0.15, -0.1) is 0 Å². The van der Waals surface area contributed by atoms with Crippen molar-refractivity contribution in [1.82, 2.24) is 5.32 Å². The zero-order chi connectivity index (χ0) is 13.6. The Morgan fingerprint density at radius 2 is 2.00 bits per heavy atom. The minimum absolute atomic E-state index is 0.238. The van der Waals surface area contributed by atoms with Crippen molar-refractivity contribution in [3.8, 4) is 0 Å². The maximum Gasteiger partial charge on any atom is 0.129 e. The molecule has 102 valence electrons. The third-order valence-electron chi connectivity index (χ3n) is 3.50. The Balaban J connectivity index is 2.55. The van der Waals surface area contributed by atoms with Gasteiger partial charge in [-0.1, -0.05) is 31.5 Å². The highest BCUT2D eigenvalue weighted by molar-refractivity contribution is 8.00. The van der Waals surface area contributed by atoms with Crippen LogP contribution in [-0.2, 0) is 6.54 Å². The first-order valence-electron chi connectivity index (χ1n) is 6.26. The molecule has 0 atom stereocenters. The minimum atomic E-state index is -0.238. The van der Waals surface area contributed by atoms with Gasteiger partial charge in [0.15, 0.2) is 0 Å². The van der Waals surface area contributed by atoms with Crippen LogP contribution in [-0.4, -0.2) is 17.5 Å². The van der Waals surface area contributed by atoms with Crippen molar-refractivity contribution >= 4 is 23.4 Å². The van der Waals surface area contributed by atoms with Gasteiger partial charge in [-0.25, -0.2) is 4.39 Å². The molecule has 0 radical (unpaired) electrons. The monoisotopic (exact) mass is 289 g/mol. The lowest BCUT2D eigenvalue weighted by Crippen LogP contribution is -2.36. The van der Waals surface area contributed by atoms with Crippen molar-refractivity contribution in [2.75, 3.05) is 12.8 Å². The van der Waals surface area contributed by atoms with E-state index in [1.54, 1.807) is 12.1 Å². The summed E-state index contributed by atoms with van der Waals surface area (Å²) in [4.78, 5) is 0. The summed E-state index contributed by atoms with van der Waals surface area (Å²) >= 11 is 7.61. The first-order valence-corrected chi connectivity index (χ1v) is 7.87. The molecule has 0 heterocycles. The average Bonchev–Trinajstić information content (AvgIpc) is 2.38. The molecule has 0 fully saturated rings. The molecule has 18 heavy (non-hydrogen) atoms. The Bertz CT molecular complexity index is 372. The molecular weight excluding hydrogens is 269 g/mol. The van der Waals surface area contributed by atoms with E-state index in [0.717, 1.165) is 19.4 Å². The fourth-order valence-corrected chi connectivity index (χ4v) is 2.93. The van der Waals surface area contributed by atoms with Crippen LogP contribution in [0.25, 0.3) is 0 Å². The minimum Gasteiger partial charge on any atom is -0.311 e. The average molecular weight is 290 g/mol. The van der Waals surface area contributed by atoms with E-state index in [1.807, 2.05) is 11.8 Å². The summed E-state index contributed by atoms with van der Waals surface area (Å²) in [5, 5.41) is 3.79. The molecule has 1 N–H and O–H groups in total. The van der Waals surface area contributed by atoms with E-state index in [2.05, 4.69) is 25.4 Å². The van der Waals surface area contributed by atoms with Crippen LogP contribution in [0.4, 0.5) is 4.39 Å². The van der Waals surface area contributed by atoms with Crippen LogP contribution < -0.4 is 5.32 Å². The summed E-state index contributed by atoms with van der Waals surface area (Å²) in [5.74, 6) is -0.238. The zero-order valence-electron chi connectivity index (χ0n) is 11.2. The lowest BCUT2D eigenvalue weighted by Gasteiger charge is -2.30. The topological polar surface area (TPSA) is 12.0 Å². The Morgan fingerprint density at radius 1 is 1.33 bits per heavy atom. The highest BCUT2D eigenvalue weighted by atomic mass is 35.5. The third-order valence-corrected chi connectivity index (χ3v) is 5.32. The number of hydrogen-bond acceptors (Lipinski definition) is 2. The second-order valence-electron chi connectivity index (χ2n) is 4.43. The first kappa shape index (κ1) is 15.8. The molecule has 0 saturated carbocycles. The number of rotatable bonds is 7. The van der Waals surface area contributed by atoms with Gasteiger partial charge in [0.1, 0.15) is 5.82 Å². The summed E-state index contributed by atoms with van der Waals surface area (Å²) < 4.78 is 13.8. The first-order chi connectivity index (χ1) is 8.56. The molecule has 0 bridgehead atoms. The van der Waals surface area contributed by atoms with E-state index >= 15 is 0 Å². The molecule has 1 rings (SSSR count). The lowest BCUT2D eigenvalue weighted by atomic mass is 10.0. The van der Waals surface area contributed by atoms with Gasteiger partial charge < -0.3 is 5.32 Å². The maximum atomic E-state index is 13.6. The molecule has 0 aliphatic rings. The smallest absolute Gasteiger partial charge is 0.129 e. The predicted octanol–water partition coefficient (Wildman–Crippen LogP) is 4.49. The van der Waals surface area contributed by atoms with E-state index in [0.29, 0.717) is 17.1 Å². The van der Waals surface area contributed by atoms with Gasteiger partial charge in [-0.05, 0) is 31.2 Å². The predicted molar refractivity (Wildman–Crippen MR) is 79.9 cm³/mol. The molecule has 0 amide bonds. The van der Waals surface area contributed by atoms with Crippen molar-refractivity contribution in [3.63, 3.8) is 0 Å². The normalized spacial score (nSPS) is 11.8. The van der Waals surface area contributed by atoms with E-state index in [-0.39, 0.29) is 10.6 Å². The molecule has 0 spiro atoms. The van der Waals surface area contributed by atoms with Crippen LogP contribution in [0.3, 0.4) is 0 Å². The summed E-state index contributed by atoms with van der Waals surface area (Å²) in [7, 11) is 0. The molecular formula is C14H21ClFNS. The summed E-state index contributed by atoms with van der Waals surface area (Å²) in [6.45, 7) is 5.84. The summed E-state index contributed by atoms with van der Waals surface area (Å²) in [6, 6.07) is 4.83. The van der Waals surface area contributed by atoms with Crippen LogP contribution in [0.2, 0.25) is 5.02 Å². The molecule has 1 aromatic rings. The van der Waals surface area contributed by atoms with Crippen LogP contribution in [0.15, 0.2) is 18.2 Å².